The summed E-state index contributed by atoms with van der Waals surface area (Å²) in [5.74, 6) is -0.785. The summed E-state index contributed by atoms with van der Waals surface area (Å²) in [7, 11) is -3.99. The summed E-state index contributed by atoms with van der Waals surface area (Å²) >= 11 is 0. The van der Waals surface area contributed by atoms with Gasteiger partial charge in [-0.3, -0.25) is 4.79 Å². The van der Waals surface area contributed by atoms with Gasteiger partial charge < -0.3 is 14.8 Å². The van der Waals surface area contributed by atoms with Gasteiger partial charge in [0, 0.05) is 0 Å². The fourth-order valence-electron chi connectivity index (χ4n) is 2.63. The van der Waals surface area contributed by atoms with Crippen molar-refractivity contribution in [2.24, 2.45) is 5.14 Å². The number of benzene rings is 2. The van der Waals surface area contributed by atoms with Crippen LogP contribution in [0.15, 0.2) is 46.1 Å². The molecule has 0 aliphatic rings. The highest BCUT2D eigenvalue weighted by atomic mass is 32.2. The number of carbonyl (C=O) groups is 1. The van der Waals surface area contributed by atoms with Crippen LogP contribution in [0.1, 0.15) is 24.2 Å². The Morgan fingerprint density at radius 2 is 1.93 bits per heavy atom. The van der Waals surface area contributed by atoms with Crippen molar-refractivity contribution < 1.29 is 23.1 Å². The maximum absolute atomic E-state index is 12.5. The third kappa shape index (κ3) is 3.87. The Morgan fingerprint density at radius 1 is 1.21 bits per heavy atom. The van der Waals surface area contributed by atoms with Gasteiger partial charge in [-0.25, -0.2) is 23.3 Å². The molecule has 0 amide bonds. The molecule has 0 saturated heterocycles. The van der Waals surface area contributed by atoms with Crippen molar-refractivity contribution in [3.63, 3.8) is 0 Å². The second-order valence-electron chi connectivity index (χ2n) is 6.32. The number of nitrogens with zero attached hydrogens (tertiary/aromatic N) is 1. The lowest BCUT2D eigenvalue weighted by Gasteiger charge is -2.15. The van der Waals surface area contributed by atoms with Crippen LogP contribution in [-0.4, -0.2) is 35.6 Å². The SMILES string of the molecule is CC(C)Oc1ccc(S(N)(=O)=O)cc1-c1nc2ccc(C(=O)O)cc2c(=O)[nH]1. The monoisotopic (exact) mass is 403 g/mol. The van der Waals surface area contributed by atoms with Crippen LogP contribution >= 0.6 is 0 Å². The molecule has 0 aliphatic carbocycles. The number of nitrogens with one attached hydrogen (secondary N) is 1. The molecule has 28 heavy (non-hydrogen) atoms. The minimum Gasteiger partial charge on any atom is -0.490 e. The number of hydrogen-bond donors (Lipinski definition) is 3. The first-order valence-corrected chi connectivity index (χ1v) is 9.72. The van der Waals surface area contributed by atoms with Crippen LogP contribution in [0, 0.1) is 0 Å². The van der Waals surface area contributed by atoms with Crippen molar-refractivity contribution >= 4 is 26.9 Å². The second kappa shape index (κ2) is 7.06. The summed E-state index contributed by atoms with van der Waals surface area (Å²) in [4.78, 5) is 30.3. The molecular weight excluding hydrogens is 386 g/mol. The Kier molecular flexibility index (Phi) is 4.92. The molecule has 0 saturated carbocycles. The molecule has 0 bridgehead atoms. The molecule has 0 unspecified atom stereocenters. The van der Waals surface area contributed by atoms with Crippen molar-refractivity contribution in [3.8, 4) is 17.1 Å². The molecule has 0 fully saturated rings. The molecule has 0 spiro atoms. The molecule has 9 nitrogen and oxygen atoms in total. The molecular formula is C18H17N3O6S. The van der Waals surface area contributed by atoms with Crippen LogP contribution < -0.4 is 15.4 Å². The van der Waals surface area contributed by atoms with E-state index >= 15 is 0 Å². The summed E-state index contributed by atoms with van der Waals surface area (Å²) < 4.78 is 29.1. The van der Waals surface area contributed by atoms with Gasteiger partial charge in [0.25, 0.3) is 5.56 Å². The van der Waals surface area contributed by atoms with E-state index in [2.05, 4.69) is 9.97 Å². The van der Waals surface area contributed by atoms with Crippen molar-refractivity contribution in [1.29, 1.82) is 0 Å². The lowest BCUT2D eigenvalue weighted by Crippen LogP contribution is -2.15. The summed E-state index contributed by atoms with van der Waals surface area (Å²) in [6.07, 6.45) is -0.218. The minimum absolute atomic E-state index is 0.0485. The number of hydrogen-bond acceptors (Lipinski definition) is 6. The number of aromatic amines is 1. The molecule has 4 N–H and O–H groups in total. The molecule has 2 aromatic carbocycles. The molecule has 146 valence electrons. The molecule has 0 radical (unpaired) electrons. The first kappa shape index (κ1) is 19.5. The molecule has 1 aromatic heterocycles. The summed E-state index contributed by atoms with van der Waals surface area (Å²) in [5, 5.41) is 14.4. The van der Waals surface area contributed by atoms with Crippen LogP contribution in [0.25, 0.3) is 22.3 Å². The number of rotatable bonds is 5. The van der Waals surface area contributed by atoms with E-state index in [4.69, 9.17) is 15.0 Å². The number of ether oxygens (including phenoxy) is 1. The van der Waals surface area contributed by atoms with E-state index in [-0.39, 0.29) is 38.9 Å². The largest absolute Gasteiger partial charge is 0.490 e. The highest BCUT2D eigenvalue weighted by Gasteiger charge is 2.17. The molecule has 10 heteroatoms. The third-order valence-electron chi connectivity index (χ3n) is 3.85. The smallest absolute Gasteiger partial charge is 0.335 e. The van der Waals surface area contributed by atoms with Gasteiger partial charge in [0.1, 0.15) is 11.6 Å². The standard InChI is InChI=1S/C18H17N3O6S/c1-9(2)27-15-6-4-11(28(19,25)26)8-13(15)16-20-14-5-3-10(18(23)24)7-12(14)17(22)21-16/h3-9H,1-2H3,(H,23,24)(H2,19,25,26)(H,20,21,22). The number of carboxylic acids is 1. The number of carboxylic acid groups (broad SMARTS) is 1. The summed E-state index contributed by atoms with van der Waals surface area (Å²) in [6, 6.07) is 7.96. The van der Waals surface area contributed by atoms with E-state index in [1.54, 1.807) is 13.8 Å². The maximum Gasteiger partial charge on any atom is 0.335 e. The minimum atomic E-state index is -3.99. The molecule has 1 heterocycles. The lowest BCUT2D eigenvalue weighted by molar-refractivity contribution is 0.0697. The van der Waals surface area contributed by atoms with Crippen LogP contribution in [0.5, 0.6) is 5.75 Å². The van der Waals surface area contributed by atoms with Crippen LogP contribution in [0.3, 0.4) is 0 Å². The van der Waals surface area contributed by atoms with Crippen molar-refractivity contribution in [2.45, 2.75) is 24.8 Å². The number of H-pyrrole nitrogens is 1. The molecule has 0 aliphatic heterocycles. The first-order valence-electron chi connectivity index (χ1n) is 8.17. The Bertz CT molecular complexity index is 1250. The van der Waals surface area contributed by atoms with Crippen molar-refractivity contribution in [2.75, 3.05) is 0 Å². The zero-order valence-corrected chi connectivity index (χ0v) is 15.8. The zero-order valence-electron chi connectivity index (χ0n) is 15.0. The average molecular weight is 403 g/mol. The van der Waals surface area contributed by atoms with Gasteiger partial charge in [-0.1, -0.05) is 0 Å². The van der Waals surface area contributed by atoms with E-state index < -0.39 is 21.6 Å². The van der Waals surface area contributed by atoms with Crippen molar-refractivity contribution in [1.82, 2.24) is 9.97 Å². The predicted octanol–water partition coefficient (Wildman–Crippen LogP) is 1.72. The fourth-order valence-corrected chi connectivity index (χ4v) is 3.17. The number of primary sulfonamides is 1. The van der Waals surface area contributed by atoms with Gasteiger partial charge in [-0.05, 0) is 50.2 Å². The van der Waals surface area contributed by atoms with E-state index in [1.807, 2.05) is 0 Å². The quantitative estimate of drug-likeness (QED) is 0.586. The Labute approximate surface area is 159 Å². The first-order chi connectivity index (χ1) is 13.1. The van der Waals surface area contributed by atoms with Gasteiger partial charge in [0.2, 0.25) is 10.0 Å². The van der Waals surface area contributed by atoms with Gasteiger partial charge in [-0.2, -0.15) is 0 Å². The summed E-state index contributed by atoms with van der Waals surface area (Å²) in [6.45, 7) is 3.59. The van der Waals surface area contributed by atoms with Crippen LogP contribution in [0.2, 0.25) is 0 Å². The molecule has 3 aromatic rings. The zero-order chi connectivity index (χ0) is 20.6. The van der Waals surface area contributed by atoms with E-state index in [9.17, 15) is 18.0 Å². The molecule has 3 rings (SSSR count). The third-order valence-corrected chi connectivity index (χ3v) is 4.76. The van der Waals surface area contributed by atoms with E-state index in [0.29, 0.717) is 5.75 Å². The van der Waals surface area contributed by atoms with Gasteiger partial charge in [0.15, 0.2) is 0 Å². The second-order valence-corrected chi connectivity index (χ2v) is 7.88. The topological polar surface area (TPSA) is 152 Å². The van der Waals surface area contributed by atoms with Crippen molar-refractivity contribution in [3.05, 3.63) is 52.3 Å². The fraction of sp³-hybridized carbons (Fsp3) is 0.167. The van der Waals surface area contributed by atoms with E-state index in [0.717, 1.165) is 0 Å². The maximum atomic E-state index is 12.5. The summed E-state index contributed by atoms with van der Waals surface area (Å²) in [5.41, 5.74) is -0.131. The number of aromatic carboxylic acids is 1. The Balaban J connectivity index is 2.26. The van der Waals surface area contributed by atoms with Gasteiger partial charge >= 0.3 is 5.97 Å². The number of fused-ring (bicyclic) bond motifs is 1. The highest BCUT2D eigenvalue weighted by Crippen LogP contribution is 2.31. The van der Waals surface area contributed by atoms with Gasteiger partial charge in [0.05, 0.1) is 33.0 Å². The Hall–Kier alpha value is -3.24. The van der Waals surface area contributed by atoms with Crippen LogP contribution in [-0.2, 0) is 10.0 Å². The van der Waals surface area contributed by atoms with E-state index in [1.165, 1.54) is 36.4 Å². The number of sulfonamides is 1. The predicted molar refractivity (Wildman–Crippen MR) is 102 cm³/mol. The normalized spacial score (nSPS) is 11.7. The average Bonchev–Trinajstić information content (AvgIpc) is 2.60. The van der Waals surface area contributed by atoms with Gasteiger partial charge in [-0.15, -0.1) is 0 Å². The number of aromatic nitrogens is 2. The molecule has 0 atom stereocenters. The number of nitrogens with two attached hydrogens (primary N) is 1. The van der Waals surface area contributed by atoms with Crippen LogP contribution in [0.4, 0.5) is 0 Å². The highest BCUT2D eigenvalue weighted by molar-refractivity contribution is 7.89. The lowest BCUT2D eigenvalue weighted by atomic mass is 10.1. The Morgan fingerprint density at radius 3 is 2.54 bits per heavy atom.